The van der Waals surface area contributed by atoms with Gasteiger partial charge >= 0.3 is 0 Å². The van der Waals surface area contributed by atoms with E-state index < -0.39 is 0 Å². The molecule has 1 amide bonds. The van der Waals surface area contributed by atoms with Gasteiger partial charge < -0.3 is 15.4 Å². The van der Waals surface area contributed by atoms with Crippen molar-refractivity contribution in [2.45, 2.75) is 32.2 Å². The molecule has 0 saturated carbocycles. The maximum Gasteiger partial charge on any atom is 0.225 e. The van der Waals surface area contributed by atoms with Crippen molar-refractivity contribution in [2.24, 2.45) is 0 Å². The Morgan fingerprint density at radius 2 is 2.35 bits per heavy atom. The van der Waals surface area contributed by atoms with Gasteiger partial charge in [-0.3, -0.25) is 4.79 Å². The molecule has 0 saturated heterocycles. The number of hydrogen-bond acceptors (Lipinski definition) is 5. The summed E-state index contributed by atoms with van der Waals surface area (Å²) >= 11 is 7.76. The number of nitriles is 1. The molecule has 0 fully saturated rings. The highest BCUT2D eigenvalue weighted by Crippen LogP contribution is 2.36. The van der Waals surface area contributed by atoms with Gasteiger partial charge in [0.2, 0.25) is 5.91 Å². The summed E-state index contributed by atoms with van der Waals surface area (Å²) < 4.78 is 5.24. The third kappa shape index (κ3) is 3.85. The van der Waals surface area contributed by atoms with Crippen LogP contribution in [0.15, 0.2) is 18.2 Å². The van der Waals surface area contributed by atoms with Crippen LogP contribution in [0.3, 0.4) is 0 Å². The number of thiophene rings is 1. The normalized spacial score (nSPS) is 14.2. The van der Waals surface area contributed by atoms with Gasteiger partial charge in [-0.2, -0.15) is 5.26 Å². The summed E-state index contributed by atoms with van der Waals surface area (Å²) in [5.74, 6) is 0.515. The summed E-state index contributed by atoms with van der Waals surface area (Å²) in [5, 5.41) is 17.0. The number of rotatable bonds is 5. The molecule has 1 atom stereocenters. The molecule has 1 aliphatic rings. The molecule has 0 radical (unpaired) electrons. The monoisotopic (exact) mass is 389 g/mol. The Morgan fingerprint density at radius 1 is 1.54 bits per heavy atom. The van der Waals surface area contributed by atoms with Crippen molar-refractivity contribution in [1.82, 2.24) is 5.32 Å². The Balaban J connectivity index is 1.73. The largest absolute Gasteiger partial charge is 0.497 e. The van der Waals surface area contributed by atoms with Crippen LogP contribution >= 0.6 is 22.9 Å². The maximum atomic E-state index is 12.5. The van der Waals surface area contributed by atoms with E-state index in [9.17, 15) is 10.1 Å². The van der Waals surface area contributed by atoms with Crippen LogP contribution in [0.25, 0.3) is 0 Å². The molecule has 136 valence electrons. The summed E-state index contributed by atoms with van der Waals surface area (Å²) in [6.07, 6.45) is 1.10. The second kappa shape index (κ2) is 8.09. The number of nitrogens with zero attached hydrogens (tertiary/aromatic N) is 1. The van der Waals surface area contributed by atoms with Gasteiger partial charge in [0, 0.05) is 22.9 Å². The molecule has 7 heteroatoms. The minimum atomic E-state index is -0.126. The summed E-state index contributed by atoms with van der Waals surface area (Å²) in [4.78, 5) is 13.7. The summed E-state index contributed by atoms with van der Waals surface area (Å²) in [5.41, 5.74) is 2.54. The second-order valence-corrected chi connectivity index (χ2v) is 7.80. The van der Waals surface area contributed by atoms with Crippen LogP contribution in [-0.2, 0) is 17.8 Å². The van der Waals surface area contributed by atoms with Gasteiger partial charge in [-0.25, -0.2) is 0 Å². The van der Waals surface area contributed by atoms with Crippen LogP contribution in [0.2, 0.25) is 5.02 Å². The number of ether oxygens (including phenoxy) is 1. The van der Waals surface area contributed by atoms with E-state index in [1.54, 1.807) is 19.2 Å². The van der Waals surface area contributed by atoms with Crippen LogP contribution in [0, 0.1) is 11.3 Å². The second-order valence-electron chi connectivity index (χ2n) is 6.29. The van der Waals surface area contributed by atoms with Crippen LogP contribution in [0.1, 0.15) is 40.8 Å². The molecule has 3 rings (SSSR count). The van der Waals surface area contributed by atoms with E-state index in [1.807, 2.05) is 13.0 Å². The van der Waals surface area contributed by atoms with E-state index in [-0.39, 0.29) is 18.2 Å². The highest BCUT2D eigenvalue weighted by atomic mass is 35.5. The molecule has 0 spiro atoms. The third-order valence-corrected chi connectivity index (χ3v) is 6.01. The number of fused-ring (bicyclic) bond motifs is 1. The molecule has 0 aliphatic carbocycles. The number of amides is 1. The fourth-order valence-electron chi connectivity index (χ4n) is 3.13. The van der Waals surface area contributed by atoms with Gasteiger partial charge in [-0.1, -0.05) is 18.5 Å². The smallest absolute Gasteiger partial charge is 0.225 e. The van der Waals surface area contributed by atoms with Crippen molar-refractivity contribution in [1.29, 1.82) is 5.26 Å². The zero-order chi connectivity index (χ0) is 18.7. The number of benzene rings is 1. The Hall–Kier alpha value is -2.07. The zero-order valence-electron chi connectivity index (χ0n) is 14.7. The van der Waals surface area contributed by atoms with Gasteiger partial charge in [-0.15, -0.1) is 11.3 Å². The first-order chi connectivity index (χ1) is 12.5. The van der Waals surface area contributed by atoms with Gasteiger partial charge in [-0.05, 0) is 48.2 Å². The molecule has 0 unspecified atom stereocenters. The summed E-state index contributed by atoms with van der Waals surface area (Å²) in [6, 6.07) is 7.68. The van der Waals surface area contributed by atoms with Crippen molar-refractivity contribution in [3.8, 4) is 11.8 Å². The fourth-order valence-corrected chi connectivity index (χ4v) is 4.62. The average molecular weight is 390 g/mol. The average Bonchev–Trinajstić information content (AvgIpc) is 2.98. The highest BCUT2D eigenvalue weighted by Gasteiger charge is 2.22. The first-order valence-corrected chi connectivity index (χ1v) is 9.61. The van der Waals surface area contributed by atoms with Gasteiger partial charge in [0.25, 0.3) is 0 Å². The van der Waals surface area contributed by atoms with Gasteiger partial charge in [0.1, 0.15) is 16.8 Å². The van der Waals surface area contributed by atoms with Crippen LogP contribution in [0.5, 0.6) is 5.75 Å². The number of nitrogens with one attached hydrogen (secondary N) is 2. The zero-order valence-corrected chi connectivity index (χ0v) is 16.3. The molecule has 5 nitrogen and oxygen atoms in total. The Morgan fingerprint density at radius 3 is 3.08 bits per heavy atom. The first kappa shape index (κ1) is 18.7. The minimum Gasteiger partial charge on any atom is -0.497 e. The lowest BCUT2D eigenvalue weighted by Gasteiger charge is -2.14. The lowest BCUT2D eigenvalue weighted by molar-refractivity contribution is -0.116. The van der Waals surface area contributed by atoms with Crippen molar-refractivity contribution in [2.75, 3.05) is 19.0 Å². The maximum absolute atomic E-state index is 12.5. The third-order valence-electron chi connectivity index (χ3n) is 4.52. The van der Waals surface area contributed by atoms with Crippen molar-refractivity contribution >= 4 is 33.8 Å². The Labute approximate surface area is 161 Å². The minimum absolute atomic E-state index is 0.0700. The van der Waals surface area contributed by atoms with Crippen LogP contribution in [0.4, 0.5) is 5.00 Å². The first-order valence-electron chi connectivity index (χ1n) is 8.42. The van der Waals surface area contributed by atoms with Crippen molar-refractivity contribution < 1.29 is 9.53 Å². The van der Waals surface area contributed by atoms with Crippen molar-refractivity contribution in [3.05, 3.63) is 44.8 Å². The predicted molar refractivity (Wildman–Crippen MR) is 104 cm³/mol. The summed E-state index contributed by atoms with van der Waals surface area (Å²) in [7, 11) is 1.60. The molecule has 2 heterocycles. The number of hydrogen-bond donors (Lipinski definition) is 2. The molecule has 2 N–H and O–H groups in total. The topological polar surface area (TPSA) is 74.1 Å². The molecule has 2 aromatic rings. The van der Waals surface area contributed by atoms with Gasteiger partial charge in [0.15, 0.2) is 0 Å². The van der Waals surface area contributed by atoms with E-state index in [0.717, 1.165) is 35.5 Å². The van der Waals surface area contributed by atoms with Crippen molar-refractivity contribution in [3.63, 3.8) is 0 Å². The van der Waals surface area contributed by atoms with E-state index in [2.05, 4.69) is 16.7 Å². The molecular weight excluding hydrogens is 370 g/mol. The number of carbonyl (C=O) groups is 1. The lowest BCUT2D eigenvalue weighted by atomic mass is 9.97. The van der Waals surface area contributed by atoms with Crippen LogP contribution in [-0.4, -0.2) is 19.6 Å². The lowest BCUT2D eigenvalue weighted by Crippen LogP contribution is -2.22. The van der Waals surface area contributed by atoms with Gasteiger partial charge in [0.05, 0.1) is 12.7 Å². The number of halogens is 1. The standard InChI is InChI=1S/C19H20ClN3O2S/c1-11(14-8-12(25-2)3-4-16(14)20)7-18(24)23-19-15(9-21)13-5-6-22-10-17(13)26-19/h3-4,8,11,22H,5-7,10H2,1-2H3,(H,23,24)/t11-/m0/s1. The number of methoxy groups -OCH3 is 1. The van der Waals surface area contributed by atoms with E-state index in [0.29, 0.717) is 21.3 Å². The molecule has 1 aromatic heterocycles. The molecule has 1 aromatic carbocycles. The number of carbonyl (C=O) groups excluding carboxylic acids is 1. The molecular formula is C19H20ClN3O2S. The quantitative estimate of drug-likeness (QED) is 0.808. The Kier molecular flexibility index (Phi) is 5.82. The fraction of sp³-hybridized carbons (Fsp3) is 0.368. The van der Waals surface area contributed by atoms with E-state index in [4.69, 9.17) is 16.3 Å². The predicted octanol–water partition coefficient (Wildman–Crippen LogP) is 4.06. The molecule has 26 heavy (non-hydrogen) atoms. The summed E-state index contributed by atoms with van der Waals surface area (Å²) in [6.45, 7) is 3.56. The molecule has 1 aliphatic heterocycles. The SMILES string of the molecule is COc1ccc(Cl)c([C@@H](C)CC(=O)Nc2sc3c(c2C#N)CCNC3)c1. The van der Waals surface area contributed by atoms with E-state index in [1.165, 1.54) is 11.3 Å². The van der Waals surface area contributed by atoms with Crippen LogP contribution < -0.4 is 15.4 Å². The number of anilines is 1. The molecule has 0 bridgehead atoms. The van der Waals surface area contributed by atoms with E-state index >= 15 is 0 Å². The highest BCUT2D eigenvalue weighted by molar-refractivity contribution is 7.16. The Bertz CT molecular complexity index is 872.